The van der Waals surface area contributed by atoms with Gasteiger partial charge in [0.05, 0.1) is 4.90 Å². The molecule has 8 nitrogen and oxygen atoms in total. The van der Waals surface area contributed by atoms with E-state index in [-0.39, 0.29) is 4.90 Å². The number of aromatic nitrogens is 2. The van der Waals surface area contributed by atoms with Gasteiger partial charge in [-0.25, -0.2) is 12.7 Å². The van der Waals surface area contributed by atoms with Gasteiger partial charge >= 0.3 is 0 Å². The maximum absolute atomic E-state index is 12.0. The van der Waals surface area contributed by atoms with Crippen molar-refractivity contribution in [1.29, 1.82) is 0 Å². The monoisotopic (exact) mass is 389 g/mol. The Morgan fingerprint density at radius 3 is 1.96 bits per heavy atom. The number of benzene rings is 2. The van der Waals surface area contributed by atoms with Crippen molar-refractivity contribution in [3.05, 3.63) is 54.9 Å². The Hall–Kier alpha value is -2.91. The number of hydrogen-bond donors (Lipinski definition) is 0. The highest BCUT2D eigenvalue weighted by Gasteiger charge is 2.16. The molecule has 2 aromatic carbocycles. The van der Waals surface area contributed by atoms with E-state index in [1.807, 2.05) is 12.1 Å². The van der Waals surface area contributed by atoms with Gasteiger partial charge in [-0.15, -0.1) is 10.2 Å². The molecule has 3 aromatic rings. The SMILES string of the molecule is CN(C)S(=O)(=O)c1ccc(OCCOc2ccc(-c3nnco3)cc2)cc1. The fourth-order valence-electron chi connectivity index (χ4n) is 2.23. The Labute approximate surface area is 157 Å². The van der Waals surface area contributed by atoms with E-state index in [4.69, 9.17) is 13.9 Å². The fraction of sp³-hybridized carbons (Fsp3) is 0.222. The lowest BCUT2D eigenvalue weighted by molar-refractivity contribution is 0.217. The minimum atomic E-state index is -3.44. The second kappa shape index (κ2) is 8.19. The molecule has 0 aliphatic heterocycles. The number of rotatable bonds is 8. The number of sulfonamides is 1. The minimum Gasteiger partial charge on any atom is -0.490 e. The van der Waals surface area contributed by atoms with Crippen molar-refractivity contribution < 1.29 is 22.3 Å². The third-order valence-corrected chi connectivity index (χ3v) is 5.51. The molecule has 0 aliphatic rings. The second-order valence-corrected chi connectivity index (χ2v) is 7.88. The summed E-state index contributed by atoms with van der Waals surface area (Å²) in [5.41, 5.74) is 0.809. The van der Waals surface area contributed by atoms with Gasteiger partial charge in [0.2, 0.25) is 22.3 Å². The van der Waals surface area contributed by atoms with Crippen molar-refractivity contribution in [1.82, 2.24) is 14.5 Å². The summed E-state index contributed by atoms with van der Waals surface area (Å²) < 4.78 is 41.5. The van der Waals surface area contributed by atoms with Gasteiger partial charge in [-0.1, -0.05) is 0 Å². The molecule has 0 fully saturated rings. The predicted octanol–water partition coefficient (Wildman–Crippen LogP) is 2.44. The summed E-state index contributed by atoms with van der Waals surface area (Å²) in [6, 6.07) is 13.5. The van der Waals surface area contributed by atoms with Gasteiger partial charge in [0.1, 0.15) is 24.7 Å². The maximum Gasteiger partial charge on any atom is 0.247 e. The van der Waals surface area contributed by atoms with Crippen LogP contribution in [-0.2, 0) is 10.0 Å². The molecule has 0 atom stereocenters. The molecule has 0 N–H and O–H groups in total. The molecule has 0 saturated carbocycles. The van der Waals surface area contributed by atoms with Crippen LogP contribution in [-0.4, -0.2) is 50.2 Å². The maximum atomic E-state index is 12.0. The molecule has 0 aliphatic carbocycles. The van der Waals surface area contributed by atoms with E-state index in [2.05, 4.69) is 10.2 Å². The molecule has 27 heavy (non-hydrogen) atoms. The predicted molar refractivity (Wildman–Crippen MR) is 98.0 cm³/mol. The summed E-state index contributed by atoms with van der Waals surface area (Å²) in [5, 5.41) is 7.48. The molecule has 1 heterocycles. The highest BCUT2D eigenvalue weighted by molar-refractivity contribution is 7.89. The Bertz CT molecular complexity index is 953. The molecule has 0 amide bonds. The summed E-state index contributed by atoms with van der Waals surface area (Å²) >= 11 is 0. The van der Waals surface area contributed by atoms with Gasteiger partial charge in [0.25, 0.3) is 0 Å². The first-order chi connectivity index (χ1) is 13.0. The van der Waals surface area contributed by atoms with E-state index in [0.717, 1.165) is 5.56 Å². The first-order valence-corrected chi connectivity index (χ1v) is 9.55. The van der Waals surface area contributed by atoms with Gasteiger partial charge in [0, 0.05) is 19.7 Å². The Kier molecular flexibility index (Phi) is 5.72. The van der Waals surface area contributed by atoms with E-state index in [1.54, 1.807) is 24.3 Å². The highest BCUT2D eigenvalue weighted by Crippen LogP contribution is 2.21. The molecule has 0 unspecified atom stereocenters. The standard InChI is InChI=1S/C18H19N3O5S/c1-21(2)27(22,23)17-9-7-16(8-10-17)25-12-11-24-15-5-3-14(4-6-15)18-20-19-13-26-18/h3-10,13H,11-12H2,1-2H3. The van der Waals surface area contributed by atoms with E-state index in [0.29, 0.717) is 30.6 Å². The topological polar surface area (TPSA) is 94.8 Å². The molecule has 9 heteroatoms. The summed E-state index contributed by atoms with van der Waals surface area (Å²) in [5.74, 6) is 1.71. The first-order valence-electron chi connectivity index (χ1n) is 8.11. The van der Waals surface area contributed by atoms with Crippen LogP contribution in [0, 0.1) is 0 Å². The summed E-state index contributed by atoms with van der Waals surface area (Å²) in [6.07, 6.45) is 1.28. The third kappa shape index (κ3) is 4.63. The zero-order valence-electron chi connectivity index (χ0n) is 14.9. The average Bonchev–Trinajstić information content (AvgIpc) is 3.21. The zero-order valence-corrected chi connectivity index (χ0v) is 15.7. The van der Waals surface area contributed by atoms with Crippen molar-refractivity contribution >= 4 is 10.0 Å². The lowest BCUT2D eigenvalue weighted by Gasteiger charge is -2.12. The van der Waals surface area contributed by atoms with E-state index >= 15 is 0 Å². The number of ether oxygens (including phenoxy) is 2. The van der Waals surface area contributed by atoms with Crippen molar-refractivity contribution in [2.24, 2.45) is 0 Å². The summed E-state index contributed by atoms with van der Waals surface area (Å²) in [6.45, 7) is 0.669. The van der Waals surface area contributed by atoms with Crippen LogP contribution < -0.4 is 9.47 Å². The molecular formula is C18H19N3O5S. The third-order valence-electron chi connectivity index (χ3n) is 3.68. The van der Waals surface area contributed by atoms with Crippen LogP contribution in [0.1, 0.15) is 0 Å². The van der Waals surface area contributed by atoms with Crippen LogP contribution in [0.2, 0.25) is 0 Å². The van der Waals surface area contributed by atoms with Crippen molar-refractivity contribution in [2.75, 3.05) is 27.3 Å². The number of hydrogen-bond acceptors (Lipinski definition) is 7. The molecule has 0 radical (unpaired) electrons. The average molecular weight is 389 g/mol. The van der Waals surface area contributed by atoms with Crippen molar-refractivity contribution in [3.8, 4) is 23.0 Å². The van der Waals surface area contributed by atoms with Crippen LogP contribution in [0.25, 0.3) is 11.5 Å². The van der Waals surface area contributed by atoms with E-state index < -0.39 is 10.0 Å². The van der Waals surface area contributed by atoms with Crippen LogP contribution in [0.4, 0.5) is 0 Å². The highest BCUT2D eigenvalue weighted by atomic mass is 32.2. The van der Waals surface area contributed by atoms with Gasteiger partial charge in [0.15, 0.2) is 0 Å². The van der Waals surface area contributed by atoms with Crippen LogP contribution in [0.5, 0.6) is 11.5 Å². The smallest absolute Gasteiger partial charge is 0.247 e. The van der Waals surface area contributed by atoms with Crippen molar-refractivity contribution in [3.63, 3.8) is 0 Å². The molecule has 3 rings (SSSR count). The largest absolute Gasteiger partial charge is 0.490 e. The fourth-order valence-corrected chi connectivity index (χ4v) is 3.13. The summed E-state index contributed by atoms with van der Waals surface area (Å²) in [4.78, 5) is 0.220. The summed E-state index contributed by atoms with van der Waals surface area (Å²) in [7, 11) is -0.453. The molecular weight excluding hydrogens is 370 g/mol. The molecule has 142 valence electrons. The molecule has 0 bridgehead atoms. The van der Waals surface area contributed by atoms with Gasteiger partial charge in [-0.05, 0) is 48.5 Å². The number of nitrogens with zero attached hydrogens (tertiary/aromatic N) is 3. The quantitative estimate of drug-likeness (QED) is 0.546. The normalized spacial score (nSPS) is 11.5. The first kappa shape index (κ1) is 18.9. The van der Waals surface area contributed by atoms with Crippen molar-refractivity contribution in [2.45, 2.75) is 4.90 Å². The van der Waals surface area contributed by atoms with Gasteiger partial charge < -0.3 is 13.9 Å². The van der Waals surface area contributed by atoms with Crippen LogP contribution >= 0.6 is 0 Å². The Balaban J connectivity index is 1.47. The lowest BCUT2D eigenvalue weighted by atomic mass is 10.2. The van der Waals surface area contributed by atoms with E-state index in [1.165, 1.54) is 36.9 Å². The lowest BCUT2D eigenvalue weighted by Crippen LogP contribution is -2.22. The Morgan fingerprint density at radius 2 is 1.48 bits per heavy atom. The molecule has 1 aromatic heterocycles. The van der Waals surface area contributed by atoms with Gasteiger partial charge in [-0.2, -0.15) is 0 Å². The second-order valence-electron chi connectivity index (χ2n) is 5.72. The zero-order chi connectivity index (χ0) is 19.3. The molecule has 0 spiro atoms. The minimum absolute atomic E-state index is 0.220. The molecule has 0 saturated heterocycles. The van der Waals surface area contributed by atoms with E-state index in [9.17, 15) is 8.42 Å². The van der Waals surface area contributed by atoms with Gasteiger partial charge in [-0.3, -0.25) is 0 Å². The van der Waals surface area contributed by atoms with Crippen LogP contribution in [0.3, 0.4) is 0 Å². The Morgan fingerprint density at radius 1 is 0.926 bits per heavy atom. The van der Waals surface area contributed by atoms with Crippen LogP contribution in [0.15, 0.2) is 64.2 Å².